The van der Waals surface area contributed by atoms with Crippen LogP contribution >= 0.6 is 12.4 Å². The summed E-state index contributed by atoms with van der Waals surface area (Å²) in [6.07, 6.45) is 2.23. The van der Waals surface area contributed by atoms with Crippen LogP contribution in [0.1, 0.15) is 46.2 Å². The molecule has 0 radical (unpaired) electrons. The number of nitrogens with one attached hydrogen (secondary N) is 2. The molecule has 1 rings (SSSR count). The number of rotatable bonds is 14. The maximum atomic E-state index is 4.59. The molecule has 6 nitrogen and oxygen atoms in total. The van der Waals surface area contributed by atoms with Crippen LogP contribution in [0.25, 0.3) is 0 Å². The zero-order chi connectivity index (χ0) is 18.5. The van der Waals surface area contributed by atoms with Gasteiger partial charge >= 0.3 is 0 Å². The predicted octanol–water partition coefficient (Wildman–Crippen LogP) is 3.49. The largest absolute Gasteiger partial charge is 0.370 e. The number of nitrogens with zero attached hydrogens (tertiary/aromatic N) is 4. The molecule has 0 fully saturated rings. The first-order valence-corrected chi connectivity index (χ1v) is 9.90. The van der Waals surface area contributed by atoms with Crippen LogP contribution in [0.3, 0.4) is 0 Å². The van der Waals surface area contributed by atoms with E-state index in [9.17, 15) is 0 Å². The average Bonchev–Trinajstić information content (AvgIpc) is 2.61. The molecule has 0 aromatic carbocycles. The zero-order valence-electron chi connectivity index (χ0n) is 17.3. The van der Waals surface area contributed by atoms with Gasteiger partial charge in [-0.2, -0.15) is 4.98 Å². The summed E-state index contributed by atoms with van der Waals surface area (Å²) in [7, 11) is 0. The maximum Gasteiger partial charge on any atom is 0.224 e. The van der Waals surface area contributed by atoms with Crippen molar-refractivity contribution in [2.24, 2.45) is 0 Å². The Morgan fingerprint density at radius 1 is 0.808 bits per heavy atom. The predicted molar refractivity (Wildman–Crippen MR) is 116 cm³/mol. The molecule has 0 unspecified atom stereocenters. The zero-order valence-corrected chi connectivity index (χ0v) is 18.2. The summed E-state index contributed by atoms with van der Waals surface area (Å²) in [5, 5.41) is 6.79. The molecule has 1 aromatic heterocycles. The van der Waals surface area contributed by atoms with Crippen LogP contribution in [0.4, 0.5) is 11.8 Å². The monoisotopic (exact) mass is 386 g/mol. The number of aryl methyl sites for hydroxylation is 1. The summed E-state index contributed by atoms with van der Waals surface area (Å²) < 4.78 is 0. The molecule has 0 spiro atoms. The standard InChI is InChI=1S/C19H38N6.ClH/c1-6-24(7-2)14-10-12-20-18-16-17(5)22-19(23-18)21-13-11-15-25(8-3)9-4;/h16H,6-15H2,1-5H3,(H2,20,21,22,23);1H. The number of aromatic nitrogens is 2. The van der Waals surface area contributed by atoms with E-state index >= 15 is 0 Å². The summed E-state index contributed by atoms with van der Waals surface area (Å²) in [6.45, 7) is 19.4. The summed E-state index contributed by atoms with van der Waals surface area (Å²) >= 11 is 0. The van der Waals surface area contributed by atoms with Gasteiger partial charge in [-0.25, -0.2) is 4.98 Å². The molecule has 152 valence electrons. The van der Waals surface area contributed by atoms with E-state index < -0.39 is 0 Å². The van der Waals surface area contributed by atoms with Gasteiger partial charge in [-0.05, 0) is 59.0 Å². The van der Waals surface area contributed by atoms with E-state index in [1.54, 1.807) is 0 Å². The molecule has 0 bridgehead atoms. The third-order valence-corrected chi connectivity index (χ3v) is 4.53. The van der Waals surface area contributed by atoms with Gasteiger partial charge < -0.3 is 20.4 Å². The lowest BCUT2D eigenvalue weighted by Crippen LogP contribution is -2.26. The van der Waals surface area contributed by atoms with Crippen molar-refractivity contribution in [3.63, 3.8) is 0 Å². The molecular formula is C19H39ClN6. The van der Waals surface area contributed by atoms with Crippen molar-refractivity contribution in [3.05, 3.63) is 11.8 Å². The summed E-state index contributed by atoms with van der Waals surface area (Å²) in [6, 6.07) is 2.01. The van der Waals surface area contributed by atoms with Crippen LogP contribution in [0.2, 0.25) is 0 Å². The Labute approximate surface area is 166 Å². The molecule has 1 heterocycles. The van der Waals surface area contributed by atoms with E-state index in [0.717, 1.165) is 82.7 Å². The molecule has 0 aliphatic heterocycles. The third-order valence-electron chi connectivity index (χ3n) is 4.53. The molecule has 0 aliphatic rings. The quantitative estimate of drug-likeness (QED) is 0.477. The van der Waals surface area contributed by atoms with Crippen LogP contribution in [0.15, 0.2) is 6.07 Å². The number of hydrogen-bond acceptors (Lipinski definition) is 6. The summed E-state index contributed by atoms with van der Waals surface area (Å²) in [5.74, 6) is 1.64. The van der Waals surface area contributed by atoms with Crippen LogP contribution in [-0.2, 0) is 0 Å². The van der Waals surface area contributed by atoms with Crippen LogP contribution in [0.5, 0.6) is 0 Å². The lowest BCUT2D eigenvalue weighted by molar-refractivity contribution is 0.303. The second-order valence-electron chi connectivity index (χ2n) is 6.33. The molecule has 7 heteroatoms. The second-order valence-corrected chi connectivity index (χ2v) is 6.33. The molecule has 0 saturated carbocycles. The van der Waals surface area contributed by atoms with Gasteiger partial charge in [0, 0.05) is 24.8 Å². The van der Waals surface area contributed by atoms with Crippen LogP contribution < -0.4 is 10.6 Å². The second kappa shape index (κ2) is 15.0. The van der Waals surface area contributed by atoms with Gasteiger partial charge in [0.1, 0.15) is 5.82 Å². The normalized spacial score (nSPS) is 10.9. The van der Waals surface area contributed by atoms with E-state index in [1.165, 1.54) is 0 Å². The number of halogens is 1. The molecular weight excluding hydrogens is 348 g/mol. The topological polar surface area (TPSA) is 56.3 Å². The van der Waals surface area contributed by atoms with E-state index in [1.807, 2.05) is 13.0 Å². The van der Waals surface area contributed by atoms with Crippen molar-refractivity contribution >= 4 is 24.2 Å². The van der Waals surface area contributed by atoms with E-state index in [0.29, 0.717) is 0 Å². The Bertz CT molecular complexity index is 425. The van der Waals surface area contributed by atoms with Gasteiger partial charge in [0.25, 0.3) is 0 Å². The first kappa shape index (κ1) is 24.9. The van der Waals surface area contributed by atoms with Gasteiger partial charge in [-0.3, -0.25) is 0 Å². The van der Waals surface area contributed by atoms with Gasteiger partial charge in [-0.15, -0.1) is 12.4 Å². The highest BCUT2D eigenvalue weighted by Crippen LogP contribution is 2.10. The number of anilines is 2. The Morgan fingerprint density at radius 3 is 1.81 bits per heavy atom. The lowest BCUT2D eigenvalue weighted by atomic mass is 10.3. The first-order chi connectivity index (χ1) is 12.1. The number of hydrogen-bond donors (Lipinski definition) is 2. The highest BCUT2D eigenvalue weighted by Gasteiger charge is 2.04. The minimum atomic E-state index is 0. The van der Waals surface area contributed by atoms with E-state index in [2.05, 4.69) is 58.1 Å². The highest BCUT2D eigenvalue weighted by atomic mass is 35.5. The molecule has 1 aromatic rings. The smallest absolute Gasteiger partial charge is 0.224 e. The van der Waals surface area contributed by atoms with Gasteiger partial charge in [0.15, 0.2) is 0 Å². The average molecular weight is 387 g/mol. The molecule has 0 atom stereocenters. The van der Waals surface area contributed by atoms with E-state index in [-0.39, 0.29) is 12.4 Å². The van der Waals surface area contributed by atoms with Gasteiger partial charge in [-0.1, -0.05) is 27.7 Å². The van der Waals surface area contributed by atoms with Crippen molar-refractivity contribution in [3.8, 4) is 0 Å². The fraction of sp³-hybridized carbons (Fsp3) is 0.789. The molecule has 0 amide bonds. The first-order valence-electron chi connectivity index (χ1n) is 9.90. The Kier molecular flexibility index (Phi) is 14.4. The van der Waals surface area contributed by atoms with Crippen molar-refractivity contribution in [1.82, 2.24) is 19.8 Å². The summed E-state index contributed by atoms with van der Waals surface area (Å²) in [4.78, 5) is 13.9. The SMILES string of the molecule is CCN(CC)CCCNc1cc(C)nc(NCCCN(CC)CC)n1.Cl. The van der Waals surface area contributed by atoms with Crippen molar-refractivity contribution in [1.29, 1.82) is 0 Å². The van der Waals surface area contributed by atoms with Gasteiger partial charge in [0.2, 0.25) is 5.95 Å². The third kappa shape index (κ3) is 10.1. The van der Waals surface area contributed by atoms with Crippen molar-refractivity contribution < 1.29 is 0 Å². The van der Waals surface area contributed by atoms with Crippen molar-refractivity contribution in [2.45, 2.75) is 47.5 Å². The van der Waals surface area contributed by atoms with Crippen molar-refractivity contribution in [2.75, 3.05) is 63.0 Å². The van der Waals surface area contributed by atoms with Gasteiger partial charge in [0.05, 0.1) is 0 Å². The minimum absolute atomic E-state index is 0. The fourth-order valence-electron chi connectivity index (χ4n) is 2.84. The molecule has 0 aliphatic carbocycles. The highest BCUT2D eigenvalue weighted by molar-refractivity contribution is 5.85. The molecule has 26 heavy (non-hydrogen) atoms. The minimum Gasteiger partial charge on any atom is -0.370 e. The van der Waals surface area contributed by atoms with E-state index in [4.69, 9.17) is 0 Å². The van der Waals surface area contributed by atoms with Crippen LogP contribution in [0, 0.1) is 6.92 Å². The fourth-order valence-corrected chi connectivity index (χ4v) is 2.84. The molecule has 2 N–H and O–H groups in total. The molecule has 0 saturated heterocycles. The summed E-state index contributed by atoms with van der Waals surface area (Å²) in [5.41, 5.74) is 0.993. The maximum absolute atomic E-state index is 4.59. The Hall–Kier alpha value is -1.11. The Balaban J connectivity index is 0.00000625. The Morgan fingerprint density at radius 2 is 1.31 bits per heavy atom. The van der Waals surface area contributed by atoms with Crippen LogP contribution in [-0.4, -0.2) is 72.1 Å². The lowest BCUT2D eigenvalue weighted by Gasteiger charge is -2.18.